The second kappa shape index (κ2) is 6.65. The lowest BCUT2D eigenvalue weighted by Crippen LogP contribution is -2.29. The minimum atomic E-state index is -0.951. The average molecular weight is 309 g/mol. The fraction of sp³-hybridized carbons (Fsp3) is 0.263. The third-order valence-electron chi connectivity index (χ3n) is 4.37. The highest BCUT2D eigenvalue weighted by Gasteiger charge is 2.27. The third kappa shape index (κ3) is 3.59. The zero-order valence-electron chi connectivity index (χ0n) is 12.8. The number of rotatable bonds is 4. The van der Waals surface area contributed by atoms with Crippen LogP contribution < -0.4 is 0 Å². The molecule has 1 atom stereocenters. The Morgan fingerprint density at radius 1 is 1.04 bits per heavy atom. The second-order valence-corrected chi connectivity index (χ2v) is 5.91. The van der Waals surface area contributed by atoms with Gasteiger partial charge in [0.25, 0.3) is 0 Å². The molecule has 0 bridgehead atoms. The summed E-state index contributed by atoms with van der Waals surface area (Å²) in [4.78, 5) is 25.2. The van der Waals surface area contributed by atoms with E-state index in [1.807, 2.05) is 23.1 Å². The fourth-order valence-electron chi connectivity index (χ4n) is 3.04. The molecule has 1 fully saturated rings. The van der Waals surface area contributed by atoms with Crippen LogP contribution in [0, 0.1) is 0 Å². The lowest BCUT2D eigenvalue weighted by Gasteiger charge is -2.17. The molecule has 0 aromatic heterocycles. The van der Waals surface area contributed by atoms with Crippen LogP contribution in [0.5, 0.6) is 0 Å². The predicted molar refractivity (Wildman–Crippen MR) is 87.5 cm³/mol. The summed E-state index contributed by atoms with van der Waals surface area (Å²) >= 11 is 0. The molecule has 1 saturated heterocycles. The van der Waals surface area contributed by atoms with E-state index in [1.54, 1.807) is 24.3 Å². The molecule has 4 nitrogen and oxygen atoms in total. The van der Waals surface area contributed by atoms with Gasteiger partial charge in [-0.2, -0.15) is 0 Å². The molecule has 1 N–H and O–H groups in total. The number of carboxylic acids is 1. The van der Waals surface area contributed by atoms with Crippen molar-refractivity contribution < 1.29 is 14.7 Å². The monoisotopic (exact) mass is 309 g/mol. The van der Waals surface area contributed by atoms with E-state index >= 15 is 0 Å². The van der Waals surface area contributed by atoms with Crippen molar-refractivity contribution in [2.45, 2.75) is 18.8 Å². The molecule has 0 spiro atoms. The van der Waals surface area contributed by atoms with Crippen LogP contribution >= 0.6 is 0 Å². The molecular weight excluding hydrogens is 290 g/mol. The van der Waals surface area contributed by atoms with Crippen LogP contribution in [0.15, 0.2) is 54.6 Å². The van der Waals surface area contributed by atoms with Crippen LogP contribution in [0.3, 0.4) is 0 Å². The normalized spacial score (nSPS) is 17.2. The van der Waals surface area contributed by atoms with E-state index in [2.05, 4.69) is 12.1 Å². The summed E-state index contributed by atoms with van der Waals surface area (Å²) in [7, 11) is 0. The van der Waals surface area contributed by atoms with Crippen molar-refractivity contribution in [3.8, 4) is 0 Å². The average Bonchev–Trinajstić information content (AvgIpc) is 3.06. The highest BCUT2D eigenvalue weighted by Crippen LogP contribution is 2.27. The topological polar surface area (TPSA) is 57.6 Å². The van der Waals surface area contributed by atoms with Gasteiger partial charge in [-0.05, 0) is 29.7 Å². The Morgan fingerprint density at radius 2 is 1.74 bits per heavy atom. The maximum absolute atomic E-state index is 12.4. The number of carbonyl (C=O) groups excluding carboxylic acids is 1. The van der Waals surface area contributed by atoms with E-state index in [-0.39, 0.29) is 11.5 Å². The Balaban J connectivity index is 1.60. The first kappa shape index (κ1) is 15.3. The molecule has 2 aromatic rings. The summed E-state index contributed by atoms with van der Waals surface area (Å²) in [5.41, 5.74) is 2.38. The van der Waals surface area contributed by atoms with Crippen molar-refractivity contribution in [1.82, 2.24) is 4.90 Å². The van der Waals surface area contributed by atoms with Gasteiger partial charge >= 0.3 is 5.97 Å². The second-order valence-electron chi connectivity index (χ2n) is 5.91. The van der Waals surface area contributed by atoms with Gasteiger partial charge in [0.15, 0.2) is 0 Å². The SMILES string of the molecule is O=C(O)c1ccc(CC(=O)N2CCC(c3ccccc3)C2)cc1. The Labute approximate surface area is 135 Å². The number of hydrogen-bond acceptors (Lipinski definition) is 2. The van der Waals surface area contributed by atoms with Gasteiger partial charge in [-0.1, -0.05) is 42.5 Å². The first-order valence-electron chi connectivity index (χ1n) is 7.78. The number of carboxylic acid groups (broad SMARTS) is 1. The summed E-state index contributed by atoms with van der Waals surface area (Å²) in [6.07, 6.45) is 1.31. The maximum atomic E-state index is 12.4. The van der Waals surface area contributed by atoms with Crippen LogP contribution in [0.1, 0.15) is 33.8 Å². The van der Waals surface area contributed by atoms with Crippen LogP contribution in [0.25, 0.3) is 0 Å². The van der Waals surface area contributed by atoms with Gasteiger partial charge < -0.3 is 10.0 Å². The van der Waals surface area contributed by atoms with Crippen LogP contribution in [0.4, 0.5) is 0 Å². The van der Waals surface area contributed by atoms with E-state index < -0.39 is 5.97 Å². The molecule has 0 aliphatic carbocycles. The van der Waals surface area contributed by atoms with E-state index in [4.69, 9.17) is 5.11 Å². The molecule has 3 rings (SSSR count). The van der Waals surface area contributed by atoms with Gasteiger partial charge in [0.2, 0.25) is 5.91 Å². The summed E-state index contributed by atoms with van der Waals surface area (Å²) < 4.78 is 0. The Bertz CT molecular complexity index is 694. The van der Waals surface area contributed by atoms with E-state index in [0.717, 1.165) is 25.1 Å². The van der Waals surface area contributed by atoms with Crippen molar-refractivity contribution in [2.75, 3.05) is 13.1 Å². The summed E-state index contributed by atoms with van der Waals surface area (Å²) in [6.45, 7) is 1.54. The lowest BCUT2D eigenvalue weighted by molar-refractivity contribution is -0.129. The van der Waals surface area contributed by atoms with Gasteiger partial charge in [0, 0.05) is 19.0 Å². The van der Waals surface area contributed by atoms with Crippen LogP contribution in [-0.2, 0) is 11.2 Å². The molecule has 2 aromatic carbocycles. The zero-order valence-corrected chi connectivity index (χ0v) is 12.8. The summed E-state index contributed by atoms with van der Waals surface area (Å²) in [6, 6.07) is 16.8. The van der Waals surface area contributed by atoms with Crippen molar-refractivity contribution in [1.29, 1.82) is 0 Å². The molecule has 118 valence electrons. The number of nitrogens with zero attached hydrogens (tertiary/aromatic N) is 1. The van der Waals surface area contributed by atoms with Gasteiger partial charge in [-0.15, -0.1) is 0 Å². The van der Waals surface area contributed by atoms with Gasteiger partial charge in [0.05, 0.1) is 12.0 Å². The standard InChI is InChI=1S/C19H19NO3/c21-18(12-14-6-8-16(9-7-14)19(22)23)20-11-10-17(13-20)15-4-2-1-3-5-15/h1-9,17H,10-13H2,(H,22,23). The van der Waals surface area contributed by atoms with Crippen molar-refractivity contribution in [2.24, 2.45) is 0 Å². The number of aromatic carboxylic acids is 1. The maximum Gasteiger partial charge on any atom is 0.335 e. The van der Waals surface area contributed by atoms with Crippen LogP contribution in [0.2, 0.25) is 0 Å². The number of amides is 1. The zero-order chi connectivity index (χ0) is 16.2. The van der Waals surface area contributed by atoms with Crippen molar-refractivity contribution in [3.63, 3.8) is 0 Å². The molecule has 0 saturated carbocycles. The number of carbonyl (C=O) groups is 2. The van der Waals surface area contributed by atoms with Crippen molar-refractivity contribution >= 4 is 11.9 Å². The van der Waals surface area contributed by atoms with Crippen LogP contribution in [-0.4, -0.2) is 35.0 Å². The minimum absolute atomic E-state index is 0.103. The first-order valence-corrected chi connectivity index (χ1v) is 7.78. The molecular formula is C19H19NO3. The quantitative estimate of drug-likeness (QED) is 0.944. The molecule has 1 aliphatic rings. The van der Waals surface area contributed by atoms with Gasteiger partial charge in [0.1, 0.15) is 0 Å². The van der Waals surface area contributed by atoms with Crippen molar-refractivity contribution in [3.05, 3.63) is 71.3 Å². The van der Waals surface area contributed by atoms with Gasteiger partial charge in [-0.25, -0.2) is 4.79 Å². The molecule has 0 radical (unpaired) electrons. The van der Waals surface area contributed by atoms with E-state index in [0.29, 0.717) is 12.3 Å². The third-order valence-corrected chi connectivity index (χ3v) is 4.37. The Morgan fingerprint density at radius 3 is 2.39 bits per heavy atom. The highest BCUT2D eigenvalue weighted by molar-refractivity contribution is 5.87. The lowest BCUT2D eigenvalue weighted by atomic mass is 9.99. The molecule has 1 aliphatic heterocycles. The number of likely N-dealkylation sites (tertiary alicyclic amines) is 1. The summed E-state index contributed by atoms with van der Waals surface area (Å²) in [5, 5.41) is 8.89. The largest absolute Gasteiger partial charge is 0.478 e. The molecule has 1 heterocycles. The molecule has 1 amide bonds. The molecule has 4 heteroatoms. The molecule has 1 unspecified atom stereocenters. The Kier molecular flexibility index (Phi) is 4.42. The molecule has 23 heavy (non-hydrogen) atoms. The van der Waals surface area contributed by atoms with E-state index in [1.165, 1.54) is 5.56 Å². The first-order chi connectivity index (χ1) is 11.1. The smallest absolute Gasteiger partial charge is 0.335 e. The van der Waals surface area contributed by atoms with Gasteiger partial charge in [-0.3, -0.25) is 4.79 Å². The Hall–Kier alpha value is -2.62. The summed E-state index contributed by atoms with van der Waals surface area (Å²) in [5.74, 6) is -0.436. The minimum Gasteiger partial charge on any atom is -0.478 e. The number of benzene rings is 2. The van der Waals surface area contributed by atoms with E-state index in [9.17, 15) is 9.59 Å². The highest BCUT2D eigenvalue weighted by atomic mass is 16.4. The fourth-order valence-corrected chi connectivity index (χ4v) is 3.04. The number of hydrogen-bond donors (Lipinski definition) is 1. The predicted octanol–water partition coefficient (Wildman–Crippen LogP) is 2.94.